The third-order valence-electron chi connectivity index (χ3n) is 4.04. The molecule has 0 aliphatic heterocycles. The Bertz CT molecular complexity index is 1010. The zero-order chi connectivity index (χ0) is 19.6. The van der Waals surface area contributed by atoms with Crippen LogP contribution in [0.1, 0.15) is 26.4 Å². The van der Waals surface area contributed by atoms with Crippen molar-refractivity contribution in [3.05, 3.63) is 71.3 Å². The fourth-order valence-electron chi connectivity index (χ4n) is 2.46. The molecule has 138 valence electrons. The number of carbonyl (C=O) groups is 2. The Labute approximate surface area is 154 Å². The molecule has 0 saturated carbocycles. The van der Waals surface area contributed by atoms with E-state index in [2.05, 4.69) is 10.4 Å². The van der Waals surface area contributed by atoms with Crippen molar-refractivity contribution in [2.24, 2.45) is 5.73 Å². The molecule has 27 heavy (non-hydrogen) atoms. The summed E-state index contributed by atoms with van der Waals surface area (Å²) in [4.78, 5) is 23.8. The third-order valence-corrected chi connectivity index (χ3v) is 4.04. The number of methoxy groups -OCH3 is 1. The van der Waals surface area contributed by atoms with Crippen molar-refractivity contribution in [3.63, 3.8) is 0 Å². The van der Waals surface area contributed by atoms with Gasteiger partial charge in [0.25, 0.3) is 5.91 Å². The molecule has 3 aromatic rings. The van der Waals surface area contributed by atoms with Crippen LogP contribution in [0.3, 0.4) is 0 Å². The number of nitrogens with two attached hydrogens (primary N) is 1. The molecule has 1 aromatic heterocycles. The second-order valence-electron chi connectivity index (χ2n) is 5.79. The van der Waals surface area contributed by atoms with Gasteiger partial charge in [0.05, 0.1) is 12.8 Å². The summed E-state index contributed by atoms with van der Waals surface area (Å²) in [5.41, 5.74) is 6.39. The number of halogens is 1. The number of primary amides is 1. The Kier molecular flexibility index (Phi) is 4.89. The average Bonchev–Trinajstić information content (AvgIpc) is 3.15. The standard InChI is InChI=1S/C19H17FN4O3/c1-11-15(20)9-12(18(21)25)10-17(11)22-19(26)16-7-8-24(23-16)13-3-5-14(27-2)6-4-13/h3-10H,1-2H3,(H2,21,25)(H,22,26). The number of benzene rings is 2. The van der Waals surface area contributed by atoms with E-state index >= 15 is 0 Å². The Balaban J connectivity index is 1.83. The lowest BCUT2D eigenvalue weighted by Crippen LogP contribution is -2.17. The monoisotopic (exact) mass is 368 g/mol. The molecule has 0 fully saturated rings. The SMILES string of the molecule is COc1ccc(-n2ccc(C(=O)Nc3cc(C(N)=O)cc(F)c3C)n2)cc1. The van der Waals surface area contributed by atoms with Crippen LogP contribution in [0.15, 0.2) is 48.7 Å². The third kappa shape index (κ3) is 3.79. The topological polar surface area (TPSA) is 99.2 Å². The molecule has 0 saturated heterocycles. The van der Waals surface area contributed by atoms with Gasteiger partial charge in [-0.2, -0.15) is 5.10 Å². The molecule has 0 unspecified atom stereocenters. The maximum absolute atomic E-state index is 14.0. The normalized spacial score (nSPS) is 10.5. The van der Waals surface area contributed by atoms with Crippen molar-refractivity contribution in [2.45, 2.75) is 6.92 Å². The maximum Gasteiger partial charge on any atom is 0.276 e. The largest absolute Gasteiger partial charge is 0.497 e. The van der Waals surface area contributed by atoms with Crippen molar-refractivity contribution >= 4 is 17.5 Å². The van der Waals surface area contributed by atoms with Crippen LogP contribution in [0.5, 0.6) is 5.75 Å². The number of aromatic nitrogens is 2. The van der Waals surface area contributed by atoms with Gasteiger partial charge in [0.15, 0.2) is 5.69 Å². The Morgan fingerprint density at radius 3 is 2.52 bits per heavy atom. The number of hydrogen-bond acceptors (Lipinski definition) is 4. The molecular weight excluding hydrogens is 351 g/mol. The molecule has 0 atom stereocenters. The van der Waals surface area contributed by atoms with Crippen LogP contribution in [0.4, 0.5) is 10.1 Å². The first kappa shape index (κ1) is 18.1. The van der Waals surface area contributed by atoms with E-state index in [1.165, 1.54) is 23.7 Å². The van der Waals surface area contributed by atoms with Crippen molar-refractivity contribution in [2.75, 3.05) is 12.4 Å². The van der Waals surface area contributed by atoms with Gasteiger partial charge in [0, 0.05) is 23.0 Å². The molecule has 2 amide bonds. The number of ether oxygens (including phenoxy) is 1. The predicted octanol–water partition coefficient (Wildman–Crippen LogP) is 2.68. The second-order valence-corrected chi connectivity index (χ2v) is 5.79. The van der Waals surface area contributed by atoms with E-state index in [1.54, 1.807) is 37.6 Å². The fourth-order valence-corrected chi connectivity index (χ4v) is 2.46. The smallest absolute Gasteiger partial charge is 0.276 e. The molecule has 1 heterocycles. The number of nitrogens with one attached hydrogen (secondary N) is 1. The molecular formula is C19H17FN4O3. The lowest BCUT2D eigenvalue weighted by atomic mass is 10.1. The zero-order valence-corrected chi connectivity index (χ0v) is 14.7. The maximum atomic E-state index is 14.0. The van der Waals surface area contributed by atoms with Gasteiger partial charge < -0.3 is 15.8 Å². The molecule has 0 aliphatic rings. The van der Waals surface area contributed by atoms with E-state index in [0.717, 1.165) is 11.8 Å². The first-order valence-corrected chi connectivity index (χ1v) is 8.00. The highest BCUT2D eigenvalue weighted by Crippen LogP contribution is 2.21. The number of hydrogen-bond donors (Lipinski definition) is 2. The number of carbonyl (C=O) groups excluding carboxylic acids is 2. The van der Waals surface area contributed by atoms with E-state index in [1.807, 2.05) is 0 Å². The van der Waals surface area contributed by atoms with Gasteiger partial charge in [-0.25, -0.2) is 9.07 Å². The molecule has 0 radical (unpaired) electrons. The van der Waals surface area contributed by atoms with Gasteiger partial charge in [-0.1, -0.05) is 0 Å². The summed E-state index contributed by atoms with van der Waals surface area (Å²) < 4.78 is 20.6. The zero-order valence-electron chi connectivity index (χ0n) is 14.7. The van der Waals surface area contributed by atoms with E-state index in [-0.39, 0.29) is 22.5 Å². The summed E-state index contributed by atoms with van der Waals surface area (Å²) in [6.45, 7) is 1.49. The highest BCUT2D eigenvalue weighted by Gasteiger charge is 2.15. The molecule has 0 aliphatic carbocycles. The van der Waals surface area contributed by atoms with Gasteiger partial charge in [-0.05, 0) is 49.4 Å². The van der Waals surface area contributed by atoms with Gasteiger partial charge in [0.2, 0.25) is 5.91 Å². The van der Waals surface area contributed by atoms with E-state index in [9.17, 15) is 14.0 Å². The summed E-state index contributed by atoms with van der Waals surface area (Å²) in [5, 5.41) is 6.78. The highest BCUT2D eigenvalue weighted by molar-refractivity contribution is 6.04. The van der Waals surface area contributed by atoms with Crippen LogP contribution in [0.2, 0.25) is 0 Å². The summed E-state index contributed by atoms with van der Waals surface area (Å²) in [6.07, 6.45) is 1.63. The van der Waals surface area contributed by atoms with Crippen LogP contribution in [0.25, 0.3) is 5.69 Å². The first-order valence-electron chi connectivity index (χ1n) is 8.00. The van der Waals surface area contributed by atoms with E-state index in [0.29, 0.717) is 5.75 Å². The summed E-state index contributed by atoms with van der Waals surface area (Å²) in [6, 6.07) is 11.0. The van der Waals surface area contributed by atoms with Gasteiger partial charge in [-0.15, -0.1) is 0 Å². The van der Waals surface area contributed by atoms with Crippen molar-refractivity contribution < 1.29 is 18.7 Å². The quantitative estimate of drug-likeness (QED) is 0.723. The first-order chi connectivity index (χ1) is 12.9. The number of anilines is 1. The van der Waals surface area contributed by atoms with Crippen LogP contribution >= 0.6 is 0 Å². The Morgan fingerprint density at radius 1 is 1.19 bits per heavy atom. The van der Waals surface area contributed by atoms with Gasteiger partial charge in [-0.3, -0.25) is 9.59 Å². The van der Waals surface area contributed by atoms with Crippen molar-refractivity contribution in [1.82, 2.24) is 9.78 Å². The highest BCUT2D eigenvalue weighted by atomic mass is 19.1. The lowest BCUT2D eigenvalue weighted by molar-refractivity contribution is 0.0995. The van der Waals surface area contributed by atoms with Gasteiger partial charge in [0.1, 0.15) is 11.6 Å². The summed E-state index contributed by atoms with van der Waals surface area (Å²) in [5.74, 6) is -1.25. The Hall–Kier alpha value is -3.68. The van der Waals surface area contributed by atoms with Gasteiger partial charge >= 0.3 is 0 Å². The molecule has 3 rings (SSSR count). The molecule has 2 aromatic carbocycles. The lowest BCUT2D eigenvalue weighted by Gasteiger charge is -2.10. The molecule has 3 N–H and O–H groups in total. The number of amides is 2. The van der Waals surface area contributed by atoms with Crippen molar-refractivity contribution in [1.29, 1.82) is 0 Å². The van der Waals surface area contributed by atoms with Crippen molar-refractivity contribution in [3.8, 4) is 11.4 Å². The molecule has 0 bridgehead atoms. The van der Waals surface area contributed by atoms with Crippen LogP contribution < -0.4 is 15.8 Å². The molecule has 0 spiro atoms. The second kappa shape index (κ2) is 7.28. The van der Waals surface area contributed by atoms with Crippen LogP contribution in [0, 0.1) is 12.7 Å². The molecule has 7 nitrogen and oxygen atoms in total. The fraction of sp³-hybridized carbons (Fsp3) is 0.105. The molecule has 8 heteroatoms. The average molecular weight is 368 g/mol. The summed E-state index contributed by atoms with van der Waals surface area (Å²) >= 11 is 0. The van der Waals surface area contributed by atoms with E-state index in [4.69, 9.17) is 10.5 Å². The van der Waals surface area contributed by atoms with Crippen LogP contribution in [-0.4, -0.2) is 28.7 Å². The Morgan fingerprint density at radius 2 is 1.89 bits per heavy atom. The predicted molar refractivity (Wildman–Crippen MR) is 97.7 cm³/mol. The van der Waals surface area contributed by atoms with E-state index < -0.39 is 17.6 Å². The number of rotatable bonds is 5. The minimum Gasteiger partial charge on any atom is -0.497 e. The minimum atomic E-state index is -0.784. The minimum absolute atomic E-state index is 0.0304. The number of nitrogens with zero attached hydrogens (tertiary/aromatic N) is 2. The summed E-state index contributed by atoms with van der Waals surface area (Å²) in [7, 11) is 1.57. The van der Waals surface area contributed by atoms with Crippen LogP contribution in [-0.2, 0) is 0 Å².